The second-order valence-electron chi connectivity index (χ2n) is 3.11. The second kappa shape index (κ2) is 3.14. The first-order valence-corrected chi connectivity index (χ1v) is 4.22. The molecule has 0 spiro atoms. The molecular weight excluding hydrogens is 181 g/mol. The average molecular weight is 191 g/mol. The van der Waals surface area contributed by atoms with E-state index in [0.29, 0.717) is 16.9 Å². The summed E-state index contributed by atoms with van der Waals surface area (Å²) < 4.78 is 14.6. The maximum absolute atomic E-state index is 12.9. The topological polar surface area (TPSA) is 43.8 Å². The Kier molecular flexibility index (Phi) is 1.96. The lowest BCUT2D eigenvalue weighted by Crippen LogP contribution is -1.93. The smallest absolute Gasteiger partial charge is 0.124 e. The molecule has 2 rings (SSSR count). The van der Waals surface area contributed by atoms with Crippen LogP contribution in [0.1, 0.15) is 0 Å². The van der Waals surface area contributed by atoms with Crippen LogP contribution < -0.4 is 5.73 Å². The third-order valence-electron chi connectivity index (χ3n) is 2.00. The number of hydrogen-bond donors (Lipinski definition) is 1. The molecule has 2 N–H and O–H groups in total. The van der Waals surface area contributed by atoms with Crippen LogP contribution in [0.5, 0.6) is 0 Å². The van der Waals surface area contributed by atoms with Gasteiger partial charge in [-0.3, -0.25) is 4.68 Å². The Morgan fingerprint density at radius 1 is 1.36 bits per heavy atom. The van der Waals surface area contributed by atoms with Crippen molar-refractivity contribution in [3.63, 3.8) is 0 Å². The quantitative estimate of drug-likeness (QED) is 0.698. The lowest BCUT2D eigenvalue weighted by atomic mass is 10.1. The van der Waals surface area contributed by atoms with Crippen LogP contribution in [0, 0.1) is 5.82 Å². The molecule has 1 aromatic carbocycles. The van der Waals surface area contributed by atoms with Gasteiger partial charge >= 0.3 is 0 Å². The SMILES string of the molecule is Cn1ccc(-c2cc(F)ccc2N)n1. The van der Waals surface area contributed by atoms with Gasteiger partial charge in [-0.1, -0.05) is 0 Å². The monoisotopic (exact) mass is 191 g/mol. The summed E-state index contributed by atoms with van der Waals surface area (Å²) in [4.78, 5) is 0. The predicted molar refractivity (Wildman–Crippen MR) is 53.0 cm³/mol. The molecule has 14 heavy (non-hydrogen) atoms. The van der Waals surface area contributed by atoms with Gasteiger partial charge < -0.3 is 5.73 Å². The van der Waals surface area contributed by atoms with E-state index in [1.54, 1.807) is 30.1 Å². The van der Waals surface area contributed by atoms with E-state index >= 15 is 0 Å². The first-order valence-electron chi connectivity index (χ1n) is 4.22. The molecule has 0 amide bonds. The van der Waals surface area contributed by atoms with Crippen molar-refractivity contribution in [1.82, 2.24) is 9.78 Å². The maximum atomic E-state index is 12.9. The van der Waals surface area contributed by atoms with Crippen molar-refractivity contribution in [2.75, 3.05) is 5.73 Å². The number of nitrogens with zero attached hydrogens (tertiary/aromatic N) is 2. The highest BCUT2D eigenvalue weighted by Crippen LogP contribution is 2.24. The lowest BCUT2D eigenvalue weighted by molar-refractivity contribution is 0.628. The van der Waals surface area contributed by atoms with Gasteiger partial charge in [-0.05, 0) is 24.3 Å². The number of anilines is 1. The third-order valence-corrected chi connectivity index (χ3v) is 2.00. The van der Waals surface area contributed by atoms with Gasteiger partial charge in [-0.15, -0.1) is 0 Å². The highest BCUT2D eigenvalue weighted by atomic mass is 19.1. The van der Waals surface area contributed by atoms with Crippen molar-refractivity contribution < 1.29 is 4.39 Å². The molecule has 2 aromatic rings. The maximum Gasteiger partial charge on any atom is 0.124 e. The molecule has 0 aliphatic heterocycles. The molecule has 1 heterocycles. The number of rotatable bonds is 1. The Bertz CT molecular complexity index is 462. The fraction of sp³-hybridized carbons (Fsp3) is 0.100. The van der Waals surface area contributed by atoms with Gasteiger partial charge in [-0.2, -0.15) is 5.10 Å². The fourth-order valence-electron chi connectivity index (χ4n) is 1.31. The van der Waals surface area contributed by atoms with Crippen LogP contribution in [0.2, 0.25) is 0 Å². The highest BCUT2D eigenvalue weighted by Gasteiger charge is 2.06. The largest absolute Gasteiger partial charge is 0.398 e. The van der Waals surface area contributed by atoms with Crippen LogP contribution in [-0.4, -0.2) is 9.78 Å². The highest BCUT2D eigenvalue weighted by molar-refractivity contribution is 5.73. The van der Waals surface area contributed by atoms with Crippen molar-refractivity contribution in [3.8, 4) is 11.3 Å². The molecule has 0 radical (unpaired) electrons. The number of hydrogen-bond acceptors (Lipinski definition) is 2. The zero-order chi connectivity index (χ0) is 10.1. The van der Waals surface area contributed by atoms with Crippen molar-refractivity contribution in [2.24, 2.45) is 7.05 Å². The van der Waals surface area contributed by atoms with E-state index < -0.39 is 0 Å². The Hall–Kier alpha value is -1.84. The van der Waals surface area contributed by atoms with Gasteiger partial charge in [0.05, 0.1) is 5.69 Å². The van der Waals surface area contributed by atoms with E-state index in [0.717, 1.165) is 0 Å². The van der Waals surface area contributed by atoms with Crippen LogP contribution in [0.4, 0.5) is 10.1 Å². The first kappa shape index (κ1) is 8.74. The van der Waals surface area contributed by atoms with Gasteiger partial charge in [0.25, 0.3) is 0 Å². The predicted octanol–water partition coefficient (Wildman–Crippen LogP) is 1.81. The van der Waals surface area contributed by atoms with Crippen molar-refractivity contribution in [3.05, 3.63) is 36.3 Å². The number of aryl methyl sites for hydroxylation is 1. The minimum atomic E-state index is -0.306. The van der Waals surface area contributed by atoms with Crippen LogP contribution in [0.3, 0.4) is 0 Å². The van der Waals surface area contributed by atoms with Crippen molar-refractivity contribution in [1.29, 1.82) is 0 Å². The van der Waals surface area contributed by atoms with E-state index in [2.05, 4.69) is 5.10 Å². The molecule has 4 heteroatoms. The molecule has 1 aromatic heterocycles. The third kappa shape index (κ3) is 1.46. The zero-order valence-corrected chi connectivity index (χ0v) is 7.74. The molecule has 3 nitrogen and oxygen atoms in total. The Labute approximate surface area is 81.0 Å². The summed E-state index contributed by atoms with van der Waals surface area (Å²) in [7, 11) is 1.80. The first-order chi connectivity index (χ1) is 6.66. The van der Waals surface area contributed by atoms with E-state index in [-0.39, 0.29) is 5.82 Å². The molecule has 0 unspecified atom stereocenters. The molecule has 0 saturated carbocycles. The van der Waals surface area contributed by atoms with Crippen molar-refractivity contribution in [2.45, 2.75) is 0 Å². The summed E-state index contributed by atoms with van der Waals surface area (Å²) >= 11 is 0. The summed E-state index contributed by atoms with van der Waals surface area (Å²) in [6.07, 6.45) is 1.79. The van der Waals surface area contributed by atoms with Crippen molar-refractivity contribution >= 4 is 5.69 Å². The second-order valence-corrected chi connectivity index (χ2v) is 3.11. The number of aromatic nitrogens is 2. The minimum absolute atomic E-state index is 0.306. The van der Waals surface area contributed by atoms with E-state index in [4.69, 9.17) is 5.73 Å². The van der Waals surface area contributed by atoms with Crippen LogP contribution in [-0.2, 0) is 7.05 Å². The molecule has 0 aliphatic rings. The molecule has 0 aliphatic carbocycles. The summed E-state index contributed by atoms with van der Waals surface area (Å²) in [5.74, 6) is -0.306. The average Bonchev–Trinajstić information content (AvgIpc) is 2.56. The minimum Gasteiger partial charge on any atom is -0.398 e. The Balaban J connectivity index is 2.55. The molecule has 0 atom stereocenters. The number of nitrogen functional groups attached to an aromatic ring is 1. The number of halogens is 1. The summed E-state index contributed by atoms with van der Waals surface area (Å²) in [6.45, 7) is 0. The van der Waals surface area contributed by atoms with Gasteiger partial charge in [-0.25, -0.2) is 4.39 Å². The van der Waals surface area contributed by atoms with Gasteiger partial charge in [0.15, 0.2) is 0 Å². The van der Waals surface area contributed by atoms with Gasteiger partial charge in [0, 0.05) is 24.5 Å². The summed E-state index contributed by atoms with van der Waals surface area (Å²) in [5, 5.41) is 4.15. The van der Waals surface area contributed by atoms with E-state index in [9.17, 15) is 4.39 Å². The van der Waals surface area contributed by atoms with Gasteiger partial charge in [0.2, 0.25) is 0 Å². The zero-order valence-electron chi connectivity index (χ0n) is 7.74. The standard InChI is InChI=1S/C10H10FN3/c1-14-5-4-10(13-14)8-6-7(11)2-3-9(8)12/h2-6H,12H2,1H3. The molecule has 0 bridgehead atoms. The molecular formula is C10H10FN3. The van der Waals surface area contributed by atoms with E-state index in [1.807, 2.05) is 0 Å². The van der Waals surface area contributed by atoms with Crippen LogP contribution in [0.25, 0.3) is 11.3 Å². The fourth-order valence-corrected chi connectivity index (χ4v) is 1.31. The van der Waals surface area contributed by atoms with E-state index in [1.165, 1.54) is 12.1 Å². The lowest BCUT2D eigenvalue weighted by Gasteiger charge is -2.01. The van der Waals surface area contributed by atoms with Crippen LogP contribution in [0.15, 0.2) is 30.5 Å². The van der Waals surface area contributed by atoms with Gasteiger partial charge in [0.1, 0.15) is 5.82 Å². The number of nitrogens with two attached hydrogens (primary N) is 1. The summed E-state index contributed by atoms with van der Waals surface area (Å²) in [5.41, 5.74) is 7.56. The number of benzene rings is 1. The summed E-state index contributed by atoms with van der Waals surface area (Å²) in [6, 6.07) is 6.06. The van der Waals surface area contributed by atoms with Crippen LogP contribution >= 0.6 is 0 Å². The Morgan fingerprint density at radius 2 is 2.14 bits per heavy atom. The Morgan fingerprint density at radius 3 is 2.79 bits per heavy atom. The molecule has 0 fully saturated rings. The molecule has 72 valence electrons. The normalized spacial score (nSPS) is 10.4. The molecule has 0 saturated heterocycles.